The Kier molecular flexibility index (Phi) is 4.18. The molecule has 0 radical (unpaired) electrons. The van der Waals surface area contributed by atoms with E-state index < -0.39 is 0 Å². The van der Waals surface area contributed by atoms with E-state index in [9.17, 15) is 4.79 Å². The van der Waals surface area contributed by atoms with Gasteiger partial charge in [-0.3, -0.25) is 4.79 Å². The first-order valence-electron chi connectivity index (χ1n) is 6.54. The van der Waals surface area contributed by atoms with E-state index in [1.54, 1.807) is 12.5 Å². The highest BCUT2D eigenvalue weighted by atomic mass is 16.2. The summed E-state index contributed by atoms with van der Waals surface area (Å²) >= 11 is 0. The number of nitrogens with one attached hydrogen (secondary N) is 1. The lowest BCUT2D eigenvalue weighted by atomic mass is 9.98. The summed E-state index contributed by atoms with van der Waals surface area (Å²) in [6.45, 7) is 3.80. The van der Waals surface area contributed by atoms with Crippen LogP contribution in [0.25, 0.3) is 0 Å². The van der Waals surface area contributed by atoms with Crippen LogP contribution in [0, 0.1) is 5.92 Å². The van der Waals surface area contributed by atoms with E-state index in [2.05, 4.69) is 16.9 Å². The fraction of sp³-hybridized carbons (Fsp3) is 0.692. The van der Waals surface area contributed by atoms with Gasteiger partial charge in [0, 0.05) is 19.2 Å². The molecule has 1 atom stereocenters. The van der Waals surface area contributed by atoms with E-state index in [0.717, 1.165) is 18.7 Å². The van der Waals surface area contributed by atoms with Crippen molar-refractivity contribution in [2.45, 2.75) is 45.6 Å². The third kappa shape index (κ3) is 3.32. The van der Waals surface area contributed by atoms with Gasteiger partial charge in [0.15, 0.2) is 0 Å². The van der Waals surface area contributed by atoms with Crippen LogP contribution in [0.5, 0.6) is 0 Å². The van der Waals surface area contributed by atoms with Crippen molar-refractivity contribution in [3.63, 3.8) is 0 Å². The van der Waals surface area contributed by atoms with Gasteiger partial charge in [-0.1, -0.05) is 13.3 Å². The summed E-state index contributed by atoms with van der Waals surface area (Å²) in [5, 5.41) is 0. The van der Waals surface area contributed by atoms with Crippen molar-refractivity contribution >= 4 is 5.91 Å². The molecule has 2 heterocycles. The van der Waals surface area contributed by atoms with Crippen LogP contribution in [0.3, 0.4) is 0 Å². The normalized spacial score (nSPS) is 21.6. The summed E-state index contributed by atoms with van der Waals surface area (Å²) in [6.07, 6.45) is 8.84. The van der Waals surface area contributed by atoms with Gasteiger partial charge in [-0.25, -0.2) is 4.98 Å². The molecule has 0 spiro atoms. The van der Waals surface area contributed by atoms with Gasteiger partial charge >= 0.3 is 0 Å². The Morgan fingerprint density at radius 1 is 1.59 bits per heavy atom. The quantitative estimate of drug-likeness (QED) is 0.870. The standard InChI is InChI=1S/C13H21N3O/c1-2-4-11-5-3-6-13(17)16(8-11)9-12-7-14-10-15-12/h7,10-11H,2-6,8-9H2,1H3,(H,14,15). The third-order valence-corrected chi connectivity index (χ3v) is 3.45. The SMILES string of the molecule is CCCC1CCCC(=O)N(Cc2cnc[nH]2)C1. The molecule has 1 amide bonds. The Morgan fingerprint density at radius 2 is 2.47 bits per heavy atom. The number of hydrogen-bond donors (Lipinski definition) is 1. The molecule has 2 rings (SSSR count). The minimum absolute atomic E-state index is 0.290. The maximum absolute atomic E-state index is 12.0. The third-order valence-electron chi connectivity index (χ3n) is 3.45. The molecule has 1 saturated heterocycles. The second kappa shape index (κ2) is 5.84. The summed E-state index contributed by atoms with van der Waals surface area (Å²) in [6, 6.07) is 0. The van der Waals surface area contributed by atoms with Gasteiger partial charge in [0.2, 0.25) is 5.91 Å². The molecule has 4 heteroatoms. The van der Waals surface area contributed by atoms with Gasteiger partial charge in [-0.05, 0) is 25.2 Å². The fourth-order valence-electron chi connectivity index (χ4n) is 2.58. The van der Waals surface area contributed by atoms with Crippen molar-refractivity contribution < 1.29 is 4.79 Å². The molecular formula is C13H21N3O. The Bertz CT molecular complexity index is 348. The lowest BCUT2D eigenvalue weighted by molar-refractivity contribution is -0.131. The van der Waals surface area contributed by atoms with Crippen LogP contribution in [-0.4, -0.2) is 27.3 Å². The molecule has 4 nitrogen and oxygen atoms in total. The van der Waals surface area contributed by atoms with Gasteiger partial charge in [0.05, 0.1) is 18.6 Å². The van der Waals surface area contributed by atoms with Crippen LogP contribution >= 0.6 is 0 Å². The zero-order valence-electron chi connectivity index (χ0n) is 10.5. The summed E-state index contributed by atoms with van der Waals surface area (Å²) in [5.74, 6) is 0.965. The summed E-state index contributed by atoms with van der Waals surface area (Å²) in [7, 11) is 0. The Labute approximate surface area is 102 Å². The number of imidazole rings is 1. The second-order valence-electron chi connectivity index (χ2n) is 4.90. The largest absolute Gasteiger partial charge is 0.347 e. The topological polar surface area (TPSA) is 49.0 Å². The van der Waals surface area contributed by atoms with Gasteiger partial charge in [0.1, 0.15) is 0 Å². The molecule has 17 heavy (non-hydrogen) atoms. The maximum atomic E-state index is 12.0. The van der Waals surface area contributed by atoms with Gasteiger partial charge in [0.25, 0.3) is 0 Å². The number of hydrogen-bond acceptors (Lipinski definition) is 2. The molecule has 1 fully saturated rings. The number of aromatic nitrogens is 2. The molecule has 0 aliphatic carbocycles. The van der Waals surface area contributed by atoms with Crippen molar-refractivity contribution in [1.29, 1.82) is 0 Å². The lowest BCUT2D eigenvalue weighted by Crippen LogP contribution is -2.32. The summed E-state index contributed by atoms with van der Waals surface area (Å²) < 4.78 is 0. The molecule has 1 aromatic rings. The van der Waals surface area contributed by atoms with Crippen molar-refractivity contribution in [2.24, 2.45) is 5.92 Å². The Morgan fingerprint density at radius 3 is 3.18 bits per heavy atom. The predicted molar refractivity (Wildman–Crippen MR) is 66.3 cm³/mol. The molecule has 0 bridgehead atoms. The summed E-state index contributed by atoms with van der Waals surface area (Å²) in [5.41, 5.74) is 1.02. The number of carbonyl (C=O) groups excluding carboxylic acids is 1. The first-order chi connectivity index (χ1) is 8.29. The van der Waals surface area contributed by atoms with E-state index in [-0.39, 0.29) is 0 Å². The van der Waals surface area contributed by atoms with E-state index in [1.165, 1.54) is 19.3 Å². The van der Waals surface area contributed by atoms with Crippen LogP contribution in [0.1, 0.15) is 44.7 Å². The van der Waals surface area contributed by atoms with Crippen LogP contribution < -0.4 is 0 Å². The number of likely N-dealkylation sites (tertiary alicyclic amines) is 1. The van der Waals surface area contributed by atoms with E-state index in [1.807, 2.05) is 4.90 Å². The molecule has 1 aliphatic heterocycles. The van der Waals surface area contributed by atoms with Crippen molar-refractivity contribution in [3.8, 4) is 0 Å². The number of amides is 1. The molecular weight excluding hydrogens is 214 g/mol. The highest BCUT2D eigenvalue weighted by molar-refractivity contribution is 5.76. The Hall–Kier alpha value is -1.32. The average Bonchev–Trinajstić information content (AvgIpc) is 2.74. The van der Waals surface area contributed by atoms with Gasteiger partial charge in [-0.15, -0.1) is 0 Å². The number of aromatic amines is 1. The number of carbonyl (C=O) groups is 1. The molecule has 1 unspecified atom stereocenters. The van der Waals surface area contributed by atoms with E-state index >= 15 is 0 Å². The maximum Gasteiger partial charge on any atom is 0.222 e. The zero-order valence-corrected chi connectivity index (χ0v) is 10.5. The molecule has 0 aromatic carbocycles. The molecule has 1 N–H and O–H groups in total. The lowest BCUT2D eigenvalue weighted by Gasteiger charge is -2.23. The van der Waals surface area contributed by atoms with E-state index in [4.69, 9.17) is 0 Å². The first kappa shape index (κ1) is 12.1. The average molecular weight is 235 g/mol. The minimum atomic E-state index is 0.290. The van der Waals surface area contributed by atoms with Gasteiger partial charge < -0.3 is 9.88 Å². The van der Waals surface area contributed by atoms with Crippen molar-refractivity contribution in [2.75, 3.05) is 6.54 Å². The highest BCUT2D eigenvalue weighted by Gasteiger charge is 2.22. The predicted octanol–water partition coefficient (Wildman–Crippen LogP) is 2.34. The smallest absolute Gasteiger partial charge is 0.222 e. The zero-order chi connectivity index (χ0) is 12.1. The van der Waals surface area contributed by atoms with E-state index in [0.29, 0.717) is 24.8 Å². The number of rotatable bonds is 4. The summed E-state index contributed by atoms with van der Waals surface area (Å²) in [4.78, 5) is 21.0. The Balaban J connectivity index is 1.99. The molecule has 94 valence electrons. The van der Waals surface area contributed by atoms with Crippen LogP contribution in [0.2, 0.25) is 0 Å². The minimum Gasteiger partial charge on any atom is -0.347 e. The van der Waals surface area contributed by atoms with Crippen molar-refractivity contribution in [3.05, 3.63) is 18.2 Å². The number of H-pyrrole nitrogens is 1. The molecule has 1 aromatic heterocycles. The fourth-order valence-corrected chi connectivity index (χ4v) is 2.58. The molecule has 1 aliphatic rings. The highest BCUT2D eigenvalue weighted by Crippen LogP contribution is 2.22. The van der Waals surface area contributed by atoms with Crippen LogP contribution in [0.4, 0.5) is 0 Å². The van der Waals surface area contributed by atoms with Crippen LogP contribution in [0.15, 0.2) is 12.5 Å². The first-order valence-corrected chi connectivity index (χ1v) is 6.54. The second-order valence-corrected chi connectivity index (χ2v) is 4.90. The van der Waals surface area contributed by atoms with Crippen LogP contribution in [-0.2, 0) is 11.3 Å². The number of nitrogens with zero attached hydrogens (tertiary/aromatic N) is 2. The van der Waals surface area contributed by atoms with Crippen molar-refractivity contribution in [1.82, 2.24) is 14.9 Å². The molecule has 0 saturated carbocycles. The monoisotopic (exact) mass is 235 g/mol. The van der Waals surface area contributed by atoms with Gasteiger partial charge in [-0.2, -0.15) is 0 Å².